The lowest BCUT2D eigenvalue weighted by Gasteiger charge is -2.35. The standard InChI is InChI=1S/C17H23N3O/c18-15-8-5-13(6-9-15)17(21)20-19-16-10-7-12-3-1-2-4-14(12)11-16/h5-6,8-9,12,14H,1-4,7,10-11,18H2,(H,20,21)/b19-16-/t12-,14+/m1/s1. The van der Waals surface area contributed by atoms with Gasteiger partial charge < -0.3 is 5.73 Å². The van der Waals surface area contributed by atoms with Gasteiger partial charge >= 0.3 is 0 Å². The van der Waals surface area contributed by atoms with Gasteiger partial charge in [0.05, 0.1) is 0 Å². The number of nitrogens with two attached hydrogens (primary N) is 1. The number of carbonyl (C=O) groups excluding carboxylic acids is 1. The Morgan fingerprint density at radius 3 is 2.57 bits per heavy atom. The minimum Gasteiger partial charge on any atom is -0.399 e. The fourth-order valence-corrected chi connectivity index (χ4v) is 3.62. The van der Waals surface area contributed by atoms with Crippen LogP contribution < -0.4 is 11.2 Å². The Balaban J connectivity index is 1.58. The van der Waals surface area contributed by atoms with Gasteiger partial charge in [0.15, 0.2) is 0 Å². The van der Waals surface area contributed by atoms with Gasteiger partial charge in [0.25, 0.3) is 5.91 Å². The summed E-state index contributed by atoms with van der Waals surface area (Å²) in [7, 11) is 0. The van der Waals surface area contributed by atoms with E-state index in [4.69, 9.17) is 5.73 Å². The second kappa shape index (κ2) is 6.29. The molecule has 1 amide bonds. The minimum atomic E-state index is -0.159. The Hall–Kier alpha value is -1.84. The summed E-state index contributed by atoms with van der Waals surface area (Å²) in [6, 6.07) is 6.91. The van der Waals surface area contributed by atoms with Crippen LogP contribution in [0.2, 0.25) is 0 Å². The third-order valence-corrected chi connectivity index (χ3v) is 4.86. The number of hydrogen-bond acceptors (Lipinski definition) is 3. The zero-order valence-electron chi connectivity index (χ0n) is 12.3. The van der Waals surface area contributed by atoms with Crippen LogP contribution in [0.3, 0.4) is 0 Å². The Morgan fingerprint density at radius 1 is 1.10 bits per heavy atom. The van der Waals surface area contributed by atoms with E-state index in [0.717, 1.165) is 30.4 Å². The predicted octanol–water partition coefficient (Wildman–Crippen LogP) is 3.34. The molecule has 0 aliphatic heterocycles. The topological polar surface area (TPSA) is 67.5 Å². The lowest BCUT2D eigenvalue weighted by atomic mass is 9.70. The molecule has 2 saturated carbocycles. The number of nitrogens with zero attached hydrogens (tertiary/aromatic N) is 1. The highest BCUT2D eigenvalue weighted by Crippen LogP contribution is 2.39. The summed E-state index contributed by atoms with van der Waals surface area (Å²) < 4.78 is 0. The first-order chi connectivity index (χ1) is 10.2. The first kappa shape index (κ1) is 14.1. The number of benzene rings is 1. The van der Waals surface area contributed by atoms with Crippen molar-refractivity contribution in [2.75, 3.05) is 5.73 Å². The molecule has 0 radical (unpaired) electrons. The van der Waals surface area contributed by atoms with Crippen molar-refractivity contribution in [1.82, 2.24) is 5.43 Å². The van der Waals surface area contributed by atoms with E-state index in [0.29, 0.717) is 11.3 Å². The van der Waals surface area contributed by atoms with E-state index in [1.807, 2.05) is 0 Å². The van der Waals surface area contributed by atoms with Gasteiger partial charge in [-0.3, -0.25) is 4.79 Å². The summed E-state index contributed by atoms with van der Waals surface area (Å²) in [4.78, 5) is 12.0. The molecule has 0 aromatic heterocycles. The molecule has 1 aromatic rings. The number of carbonyl (C=O) groups is 1. The fraction of sp³-hybridized carbons (Fsp3) is 0.529. The van der Waals surface area contributed by atoms with Crippen LogP contribution in [0.4, 0.5) is 5.69 Å². The van der Waals surface area contributed by atoms with Gasteiger partial charge in [-0.05, 0) is 61.8 Å². The van der Waals surface area contributed by atoms with Crippen LogP contribution in [0.1, 0.15) is 55.3 Å². The van der Waals surface area contributed by atoms with Gasteiger partial charge in [-0.15, -0.1) is 0 Å². The Bertz CT molecular complexity index is 535. The van der Waals surface area contributed by atoms with E-state index in [2.05, 4.69) is 10.5 Å². The molecule has 21 heavy (non-hydrogen) atoms. The Kier molecular flexibility index (Phi) is 4.23. The average Bonchev–Trinajstić information content (AvgIpc) is 2.53. The van der Waals surface area contributed by atoms with Gasteiger partial charge in [0.1, 0.15) is 0 Å². The number of nitrogen functional groups attached to an aromatic ring is 1. The predicted molar refractivity (Wildman–Crippen MR) is 85.1 cm³/mol. The third-order valence-electron chi connectivity index (χ3n) is 4.86. The van der Waals surface area contributed by atoms with Gasteiger partial charge in [-0.2, -0.15) is 5.10 Å². The highest BCUT2D eigenvalue weighted by Gasteiger charge is 2.30. The van der Waals surface area contributed by atoms with Crippen LogP contribution in [0.25, 0.3) is 0 Å². The molecule has 0 unspecified atom stereocenters. The number of rotatable bonds is 2. The van der Waals surface area contributed by atoms with Gasteiger partial charge in [-0.25, -0.2) is 5.43 Å². The zero-order chi connectivity index (χ0) is 14.7. The molecule has 0 bridgehead atoms. The summed E-state index contributed by atoms with van der Waals surface area (Å²) in [5.41, 5.74) is 10.7. The zero-order valence-corrected chi connectivity index (χ0v) is 12.3. The van der Waals surface area contributed by atoms with Crippen molar-refractivity contribution in [3.8, 4) is 0 Å². The fourth-order valence-electron chi connectivity index (χ4n) is 3.62. The van der Waals surface area contributed by atoms with Crippen molar-refractivity contribution in [3.05, 3.63) is 29.8 Å². The van der Waals surface area contributed by atoms with Crippen molar-refractivity contribution in [1.29, 1.82) is 0 Å². The normalized spacial score (nSPS) is 27.1. The molecule has 2 fully saturated rings. The summed E-state index contributed by atoms with van der Waals surface area (Å²) in [6.45, 7) is 0. The van der Waals surface area contributed by atoms with Crippen molar-refractivity contribution in [2.24, 2.45) is 16.9 Å². The molecule has 1 aromatic carbocycles. The molecule has 112 valence electrons. The first-order valence-corrected chi connectivity index (χ1v) is 7.93. The monoisotopic (exact) mass is 285 g/mol. The van der Waals surface area contributed by atoms with E-state index in [9.17, 15) is 4.79 Å². The third kappa shape index (κ3) is 3.43. The Labute approximate surface area is 125 Å². The molecule has 0 spiro atoms. The quantitative estimate of drug-likeness (QED) is 0.646. The molecule has 2 atom stereocenters. The summed E-state index contributed by atoms with van der Waals surface area (Å²) in [5.74, 6) is 1.53. The second-order valence-electron chi connectivity index (χ2n) is 6.29. The molecule has 4 nitrogen and oxygen atoms in total. The van der Waals surface area contributed by atoms with Gasteiger partial charge in [0, 0.05) is 17.0 Å². The molecule has 2 aliphatic rings. The molecule has 2 aliphatic carbocycles. The van der Waals surface area contributed by atoms with Crippen molar-refractivity contribution in [3.63, 3.8) is 0 Å². The summed E-state index contributed by atoms with van der Waals surface area (Å²) >= 11 is 0. The van der Waals surface area contributed by atoms with Crippen LogP contribution in [-0.2, 0) is 0 Å². The lowest BCUT2D eigenvalue weighted by molar-refractivity contribution is 0.0954. The molecule has 3 N–H and O–H groups in total. The largest absolute Gasteiger partial charge is 0.399 e. The molecule has 4 heteroatoms. The Morgan fingerprint density at radius 2 is 1.81 bits per heavy atom. The second-order valence-corrected chi connectivity index (χ2v) is 6.29. The number of nitrogens with one attached hydrogen (secondary N) is 1. The van der Waals surface area contributed by atoms with Gasteiger partial charge in [-0.1, -0.05) is 19.3 Å². The van der Waals surface area contributed by atoms with Crippen LogP contribution in [0.15, 0.2) is 29.4 Å². The maximum absolute atomic E-state index is 12.0. The number of amides is 1. The average molecular weight is 285 g/mol. The SMILES string of the molecule is Nc1ccc(C(=O)N/N=C2/CC[C@H]3CCCC[C@H]3C2)cc1. The highest BCUT2D eigenvalue weighted by molar-refractivity contribution is 5.95. The molecular weight excluding hydrogens is 262 g/mol. The number of hydrogen-bond donors (Lipinski definition) is 2. The maximum atomic E-state index is 12.0. The summed E-state index contributed by atoms with van der Waals surface area (Å²) in [6.07, 6.45) is 8.79. The minimum absolute atomic E-state index is 0.159. The van der Waals surface area contributed by atoms with Crippen LogP contribution in [0, 0.1) is 11.8 Å². The van der Waals surface area contributed by atoms with Gasteiger partial charge in [0.2, 0.25) is 0 Å². The molecule has 0 saturated heterocycles. The van der Waals surface area contributed by atoms with E-state index < -0.39 is 0 Å². The molecular formula is C17H23N3O. The maximum Gasteiger partial charge on any atom is 0.271 e. The number of hydrazone groups is 1. The molecule has 0 heterocycles. The van der Waals surface area contributed by atoms with Crippen molar-refractivity contribution >= 4 is 17.3 Å². The van der Waals surface area contributed by atoms with E-state index in [1.165, 1.54) is 32.1 Å². The van der Waals surface area contributed by atoms with Crippen molar-refractivity contribution < 1.29 is 4.79 Å². The van der Waals surface area contributed by atoms with E-state index in [-0.39, 0.29) is 5.91 Å². The smallest absolute Gasteiger partial charge is 0.271 e. The molecule has 3 rings (SSSR count). The number of anilines is 1. The summed E-state index contributed by atoms with van der Waals surface area (Å²) in [5, 5.41) is 4.36. The van der Waals surface area contributed by atoms with Crippen LogP contribution in [-0.4, -0.2) is 11.6 Å². The van der Waals surface area contributed by atoms with E-state index in [1.54, 1.807) is 24.3 Å². The lowest BCUT2D eigenvalue weighted by Crippen LogP contribution is -2.29. The number of fused-ring (bicyclic) bond motifs is 1. The van der Waals surface area contributed by atoms with Crippen LogP contribution >= 0.6 is 0 Å². The highest BCUT2D eigenvalue weighted by atomic mass is 16.2. The van der Waals surface area contributed by atoms with Crippen molar-refractivity contribution in [2.45, 2.75) is 44.9 Å². The first-order valence-electron chi connectivity index (χ1n) is 7.93. The van der Waals surface area contributed by atoms with Crippen LogP contribution in [0.5, 0.6) is 0 Å². The van der Waals surface area contributed by atoms with E-state index >= 15 is 0 Å².